The van der Waals surface area contributed by atoms with Crippen molar-refractivity contribution in [2.45, 2.75) is 44.4 Å². The van der Waals surface area contributed by atoms with E-state index in [1.54, 1.807) is 0 Å². The number of carboxylic acid groups (broad SMARTS) is 1. The Morgan fingerprint density at radius 3 is 2.18 bits per heavy atom. The van der Waals surface area contributed by atoms with Crippen molar-refractivity contribution in [3.8, 4) is 22.4 Å². The smallest absolute Gasteiger partial charge is 0.306 e. The van der Waals surface area contributed by atoms with Crippen LogP contribution in [-0.4, -0.2) is 53.0 Å². The van der Waals surface area contributed by atoms with E-state index in [0.717, 1.165) is 67.0 Å². The van der Waals surface area contributed by atoms with Crippen molar-refractivity contribution >= 4 is 29.3 Å². The summed E-state index contributed by atoms with van der Waals surface area (Å²) < 4.78 is 0. The van der Waals surface area contributed by atoms with E-state index in [1.165, 1.54) is 5.56 Å². The number of hydrogen-bond donors (Lipinski definition) is 1. The molecule has 3 aliphatic rings. The first-order valence-electron chi connectivity index (χ1n) is 14.1. The first-order chi connectivity index (χ1) is 19.0. The number of nitrogens with zero attached hydrogens (tertiary/aromatic N) is 3. The van der Waals surface area contributed by atoms with Crippen LogP contribution in [0.2, 0.25) is 5.02 Å². The second-order valence-corrected chi connectivity index (χ2v) is 11.6. The van der Waals surface area contributed by atoms with Gasteiger partial charge in [0.2, 0.25) is 5.91 Å². The summed E-state index contributed by atoms with van der Waals surface area (Å²) in [7, 11) is 0. The number of rotatable bonds is 6. The highest BCUT2D eigenvalue weighted by atomic mass is 35.5. The van der Waals surface area contributed by atoms with Crippen molar-refractivity contribution in [2.75, 3.05) is 31.1 Å². The molecule has 1 aliphatic carbocycles. The number of piperidine rings is 2. The number of aromatic nitrogens is 1. The number of halogens is 1. The third-order valence-electron chi connectivity index (χ3n) is 8.59. The van der Waals surface area contributed by atoms with Crippen LogP contribution in [0.1, 0.15) is 50.0 Å². The Kier molecular flexibility index (Phi) is 7.30. The quantitative estimate of drug-likeness (QED) is 0.385. The van der Waals surface area contributed by atoms with Gasteiger partial charge in [-0.3, -0.25) is 9.59 Å². The molecule has 6 rings (SSSR count). The van der Waals surface area contributed by atoms with Gasteiger partial charge in [-0.15, -0.1) is 0 Å². The summed E-state index contributed by atoms with van der Waals surface area (Å²) in [6.45, 7) is 3.09. The zero-order valence-corrected chi connectivity index (χ0v) is 22.8. The van der Waals surface area contributed by atoms with Crippen molar-refractivity contribution in [2.24, 2.45) is 11.8 Å². The summed E-state index contributed by atoms with van der Waals surface area (Å²) in [5.41, 5.74) is 5.34. The third kappa shape index (κ3) is 5.67. The fraction of sp³-hybridized carbons (Fsp3) is 0.406. The zero-order chi connectivity index (χ0) is 26.9. The molecule has 1 saturated carbocycles. The molecule has 39 heavy (non-hydrogen) atoms. The van der Waals surface area contributed by atoms with E-state index in [2.05, 4.69) is 40.1 Å². The molecule has 1 aromatic heterocycles. The minimum absolute atomic E-state index is 0.273. The van der Waals surface area contributed by atoms with Gasteiger partial charge in [0, 0.05) is 42.7 Å². The Morgan fingerprint density at radius 1 is 0.795 bits per heavy atom. The monoisotopic (exact) mass is 543 g/mol. The Labute approximate surface area is 234 Å². The van der Waals surface area contributed by atoms with E-state index in [9.17, 15) is 14.7 Å². The molecule has 0 atom stereocenters. The number of carboxylic acids is 1. The average molecular weight is 544 g/mol. The summed E-state index contributed by atoms with van der Waals surface area (Å²) in [6.07, 6.45) is 5.43. The van der Waals surface area contributed by atoms with Gasteiger partial charge in [0.25, 0.3) is 0 Å². The van der Waals surface area contributed by atoms with Gasteiger partial charge in [-0.2, -0.15) is 0 Å². The number of hydrogen-bond acceptors (Lipinski definition) is 4. The molecule has 0 bridgehead atoms. The van der Waals surface area contributed by atoms with Crippen LogP contribution in [0.15, 0.2) is 60.7 Å². The molecule has 0 radical (unpaired) electrons. The van der Waals surface area contributed by atoms with E-state index in [-0.39, 0.29) is 5.92 Å². The molecule has 3 fully saturated rings. The Morgan fingerprint density at radius 2 is 1.51 bits per heavy atom. The number of benzene rings is 2. The highest BCUT2D eigenvalue weighted by Gasteiger charge is 2.35. The molecule has 202 valence electrons. The van der Waals surface area contributed by atoms with E-state index >= 15 is 0 Å². The highest BCUT2D eigenvalue weighted by Crippen LogP contribution is 2.37. The van der Waals surface area contributed by atoms with Crippen LogP contribution in [-0.2, 0) is 9.59 Å². The number of amides is 1. The lowest BCUT2D eigenvalue weighted by Gasteiger charge is -2.32. The van der Waals surface area contributed by atoms with Crippen molar-refractivity contribution in [1.29, 1.82) is 0 Å². The molecular weight excluding hydrogens is 510 g/mol. The van der Waals surface area contributed by atoms with Crippen LogP contribution in [0.25, 0.3) is 22.4 Å². The van der Waals surface area contributed by atoms with Crippen molar-refractivity contribution in [3.05, 3.63) is 71.2 Å². The van der Waals surface area contributed by atoms with Crippen LogP contribution >= 0.6 is 11.6 Å². The molecule has 1 N–H and O–H groups in total. The second-order valence-electron chi connectivity index (χ2n) is 11.2. The summed E-state index contributed by atoms with van der Waals surface area (Å²) in [4.78, 5) is 33.0. The van der Waals surface area contributed by atoms with Gasteiger partial charge in [-0.1, -0.05) is 48.0 Å². The standard InChI is InChI=1S/C32H34ClN3O3/c33-26-10-11-27(23-6-4-21(5-7-23)22-12-18-36(19-13-22)31(37)24-8-9-24)28(20-26)29-2-1-3-30(34-29)35-16-14-25(15-17-35)32(38)39/h1-7,10-11,20,22,24-25H,8-9,12-19H2,(H,38,39). The SMILES string of the molecule is O=C(O)C1CCN(c2cccc(-c3cc(Cl)ccc3-c3ccc(C4CCN(C(=O)C5CC5)CC4)cc3)n2)CC1. The molecular formula is C32H34ClN3O3. The predicted octanol–water partition coefficient (Wildman–Crippen LogP) is 6.49. The van der Waals surface area contributed by atoms with Gasteiger partial charge in [0.15, 0.2) is 0 Å². The molecule has 6 nitrogen and oxygen atoms in total. The summed E-state index contributed by atoms with van der Waals surface area (Å²) in [6, 6.07) is 20.8. The number of carbonyl (C=O) groups is 2. The van der Waals surface area contributed by atoms with Gasteiger partial charge < -0.3 is 14.9 Å². The first-order valence-corrected chi connectivity index (χ1v) is 14.5. The lowest BCUT2D eigenvalue weighted by Crippen LogP contribution is -2.38. The molecule has 2 aliphatic heterocycles. The second kappa shape index (κ2) is 11.0. The van der Waals surface area contributed by atoms with Gasteiger partial charge in [-0.05, 0) is 85.4 Å². The average Bonchev–Trinajstić information content (AvgIpc) is 3.83. The fourth-order valence-electron chi connectivity index (χ4n) is 6.04. The van der Waals surface area contributed by atoms with Crippen molar-refractivity contribution in [1.82, 2.24) is 9.88 Å². The highest BCUT2D eigenvalue weighted by molar-refractivity contribution is 6.31. The van der Waals surface area contributed by atoms with Crippen LogP contribution in [0.3, 0.4) is 0 Å². The lowest BCUT2D eigenvalue weighted by molar-refractivity contribution is -0.142. The van der Waals surface area contributed by atoms with E-state index in [1.807, 2.05) is 30.3 Å². The number of pyridine rings is 1. The molecule has 7 heteroatoms. The molecule has 3 heterocycles. The third-order valence-corrected chi connectivity index (χ3v) is 8.82. The minimum atomic E-state index is -0.708. The topological polar surface area (TPSA) is 73.7 Å². The van der Waals surface area contributed by atoms with Gasteiger partial charge in [-0.25, -0.2) is 4.98 Å². The van der Waals surface area contributed by atoms with Gasteiger partial charge in [0.05, 0.1) is 11.6 Å². The fourth-order valence-corrected chi connectivity index (χ4v) is 6.21. The molecule has 3 aromatic rings. The van der Waals surface area contributed by atoms with E-state index < -0.39 is 5.97 Å². The summed E-state index contributed by atoms with van der Waals surface area (Å²) in [5, 5.41) is 9.99. The van der Waals surface area contributed by atoms with Gasteiger partial charge in [0.1, 0.15) is 5.82 Å². The summed E-state index contributed by atoms with van der Waals surface area (Å²) >= 11 is 6.45. The van der Waals surface area contributed by atoms with Crippen molar-refractivity contribution in [3.63, 3.8) is 0 Å². The zero-order valence-electron chi connectivity index (χ0n) is 22.1. The van der Waals surface area contributed by atoms with Crippen LogP contribution in [0.4, 0.5) is 5.82 Å². The molecule has 2 aromatic carbocycles. The maximum absolute atomic E-state index is 12.4. The van der Waals surface area contributed by atoms with Crippen LogP contribution in [0.5, 0.6) is 0 Å². The number of carbonyl (C=O) groups excluding carboxylic acids is 1. The Balaban J connectivity index is 1.19. The first kappa shape index (κ1) is 25.9. The maximum Gasteiger partial charge on any atom is 0.306 e. The molecule has 0 unspecified atom stereocenters. The molecule has 1 amide bonds. The van der Waals surface area contributed by atoms with E-state index in [0.29, 0.717) is 48.7 Å². The normalized spacial score (nSPS) is 18.8. The number of likely N-dealkylation sites (tertiary alicyclic amines) is 1. The van der Waals surface area contributed by atoms with Crippen molar-refractivity contribution < 1.29 is 14.7 Å². The minimum Gasteiger partial charge on any atom is -0.481 e. The Bertz CT molecular complexity index is 1360. The van der Waals surface area contributed by atoms with E-state index in [4.69, 9.17) is 16.6 Å². The van der Waals surface area contributed by atoms with Gasteiger partial charge >= 0.3 is 5.97 Å². The maximum atomic E-state index is 12.4. The largest absolute Gasteiger partial charge is 0.481 e. The summed E-state index contributed by atoms with van der Waals surface area (Å²) in [5.74, 6) is 1.03. The molecule has 0 spiro atoms. The van der Waals surface area contributed by atoms with Crippen LogP contribution < -0.4 is 4.90 Å². The van der Waals surface area contributed by atoms with Crippen LogP contribution in [0, 0.1) is 11.8 Å². The number of anilines is 1. The number of aliphatic carboxylic acids is 1. The predicted molar refractivity (Wildman–Crippen MR) is 154 cm³/mol. The Hall–Kier alpha value is -3.38. The molecule has 2 saturated heterocycles. The lowest BCUT2D eigenvalue weighted by atomic mass is 9.88.